The average molecular weight is 349 g/mol. The van der Waals surface area contributed by atoms with Crippen molar-refractivity contribution in [2.75, 3.05) is 36.5 Å². The van der Waals surface area contributed by atoms with Crippen molar-refractivity contribution in [3.63, 3.8) is 0 Å². The molecule has 0 amide bonds. The molecular formula is C20H23N5O. The van der Waals surface area contributed by atoms with E-state index in [4.69, 9.17) is 15.9 Å². The zero-order valence-electron chi connectivity index (χ0n) is 14.6. The Morgan fingerprint density at radius 2 is 1.96 bits per heavy atom. The molecule has 0 radical (unpaired) electrons. The Morgan fingerprint density at radius 3 is 2.65 bits per heavy atom. The van der Waals surface area contributed by atoms with Crippen LogP contribution in [0.2, 0.25) is 0 Å². The lowest BCUT2D eigenvalue weighted by atomic mass is 10.0. The summed E-state index contributed by atoms with van der Waals surface area (Å²) in [5.74, 6) is 0. The van der Waals surface area contributed by atoms with Gasteiger partial charge in [0, 0.05) is 66.6 Å². The molecule has 1 aliphatic heterocycles. The summed E-state index contributed by atoms with van der Waals surface area (Å²) in [6, 6.07) is 10.2. The molecule has 6 nitrogen and oxygen atoms in total. The molecule has 26 heavy (non-hydrogen) atoms. The van der Waals surface area contributed by atoms with E-state index >= 15 is 0 Å². The molecule has 1 aromatic carbocycles. The summed E-state index contributed by atoms with van der Waals surface area (Å²) >= 11 is 0. The summed E-state index contributed by atoms with van der Waals surface area (Å²) in [5.41, 5.74) is 10.2. The third kappa shape index (κ3) is 4.29. The average Bonchev–Trinajstić information content (AvgIpc) is 2.71. The number of nitrogens with one attached hydrogen (secondary N) is 2. The van der Waals surface area contributed by atoms with Crippen LogP contribution in [-0.2, 0) is 4.74 Å². The molecule has 0 unspecified atom stereocenters. The number of nitrogens with two attached hydrogens (primary N) is 1. The molecule has 1 aliphatic rings. The van der Waals surface area contributed by atoms with Gasteiger partial charge in [-0.2, -0.15) is 0 Å². The van der Waals surface area contributed by atoms with E-state index in [9.17, 15) is 0 Å². The molecule has 1 fully saturated rings. The standard InChI is InChI=1S/C20H23N5O/c21-13-17(14-22)20-6-7-23-15-16(20)5-8-24-18-1-3-19(4-2-18)25-9-11-26-12-10-25/h1-8,13-15,21,24H,9-12,22H2/b8-5+,17-14?,21-13?. The Bertz CT molecular complexity index is 792. The monoisotopic (exact) mass is 349 g/mol. The van der Waals surface area contributed by atoms with Crippen molar-refractivity contribution < 1.29 is 4.74 Å². The Kier molecular flexibility index (Phi) is 6.01. The van der Waals surface area contributed by atoms with Crippen molar-refractivity contribution >= 4 is 29.2 Å². The van der Waals surface area contributed by atoms with Gasteiger partial charge in [-0.3, -0.25) is 4.98 Å². The minimum Gasteiger partial charge on any atom is -0.404 e. The van der Waals surface area contributed by atoms with Crippen molar-refractivity contribution in [3.8, 4) is 0 Å². The normalized spacial score (nSPS) is 15.2. The molecule has 0 bridgehead atoms. The fraction of sp³-hybridized carbons (Fsp3) is 0.200. The van der Waals surface area contributed by atoms with Gasteiger partial charge in [-0.15, -0.1) is 0 Å². The van der Waals surface area contributed by atoms with E-state index in [1.807, 2.05) is 18.3 Å². The summed E-state index contributed by atoms with van der Waals surface area (Å²) in [6.45, 7) is 3.43. The van der Waals surface area contributed by atoms with Crippen LogP contribution in [0.15, 0.2) is 55.1 Å². The number of aromatic nitrogens is 1. The van der Waals surface area contributed by atoms with Crippen LogP contribution >= 0.6 is 0 Å². The fourth-order valence-electron chi connectivity index (χ4n) is 2.84. The first kappa shape index (κ1) is 17.7. The van der Waals surface area contributed by atoms with E-state index in [0.717, 1.165) is 43.1 Å². The molecule has 0 saturated carbocycles. The van der Waals surface area contributed by atoms with Crippen LogP contribution in [0, 0.1) is 5.41 Å². The van der Waals surface area contributed by atoms with Gasteiger partial charge in [-0.05, 0) is 42.0 Å². The molecule has 3 rings (SSSR count). The summed E-state index contributed by atoms with van der Waals surface area (Å²) in [5, 5.41) is 10.7. The number of allylic oxidation sites excluding steroid dienone is 1. The second kappa shape index (κ2) is 8.82. The summed E-state index contributed by atoms with van der Waals surface area (Å²) in [7, 11) is 0. The van der Waals surface area contributed by atoms with E-state index in [1.54, 1.807) is 12.4 Å². The Hall–Kier alpha value is -3.12. The van der Waals surface area contributed by atoms with Crippen molar-refractivity contribution in [2.45, 2.75) is 0 Å². The third-order valence-electron chi connectivity index (χ3n) is 4.25. The van der Waals surface area contributed by atoms with Gasteiger partial charge in [-0.1, -0.05) is 0 Å². The lowest BCUT2D eigenvalue weighted by molar-refractivity contribution is 0.122. The van der Waals surface area contributed by atoms with Crippen LogP contribution < -0.4 is 16.0 Å². The molecule has 0 aliphatic carbocycles. The molecule has 1 saturated heterocycles. The smallest absolute Gasteiger partial charge is 0.0642 e. The van der Waals surface area contributed by atoms with Crippen LogP contribution in [0.25, 0.3) is 11.6 Å². The molecule has 4 N–H and O–H groups in total. The van der Waals surface area contributed by atoms with E-state index in [-0.39, 0.29) is 0 Å². The Balaban J connectivity index is 1.66. The van der Waals surface area contributed by atoms with E-state index in [2.05, 4.69) is 39.5 Å². The highest BCUT2D eigenvalue weighted by atomic mass is 16.5. The van der Waals surface area contributed by atoms with Crippen LogP contribution in [0.1, 0.15) is 11.1 Å². The predicted octanol–water partition coefficient (Wildman–Crippen LogP) is 2.95. The topological polar surface area (TPSA) is 87.3 Å². The molecule has 1 aromatic heterocycles. The van der Waals surface area contributed by atoms with Crippen LogP contribution in [0.5, 0.6) is 0 Å². The number of morpholine rings is 1. The summed E-state index contributed by atoms with van der Waals surface area (Å²) in [4.78, 5) is 6.47. The Labute approximate surface area is 153 Å². The second-order valence-electron chi connectivity index (χ2n) is 5.85. The van der Waals surface area contributed by atoms with E-state index in [0.29, 0.717) is 5.57 Å². The maximum Gasteiger partial charge on any atom is 0.0642 e. The van der Waals surface area contributed by atoms with Gasteiger partial charge < -0.3 is 26.1 Å². The zero-order valence-corrected chi connectivity index (χ0v) is 14.6. The van der Waals surface area contributed by atoms with Gasteiger partial charge in [0.05, 0.1) is 13.2 Å². The number of hydrogen-bond donors (Lipinski definition) is 3. The molecule has 0 atom stereocenters. The van der Waals surface area contributed by atoms with Crippen LogP contribution in [0.4, 0.5) is 11.4 Å². The minimum atomic E-state index is 0.655. The number of hydrogen-bond acceptors (Lipinski definition) is 6. The number of rotatable bonds is 6. The summed E-state index contributed by atoms with van der Waals surface area (Å²) in [6.07, 6.45) is 9.90. The molecule has 134 valence electrons. The lowest BCUT2D eigenvalue weighted by Crippen LogP contribution is -2.36. The van der Waals surface area contributed by atoms with Crippen LogP contribution in [0.3, 0.4) is 0 Å². The van der Waals surface area contributed by atoms with Crippen molar-refractivity contribution in [2.24, 2.45) is 5.73 Å². The Morgan fingerprint density at radius 1 is 1.19 bits per heavy atom. The minimum absolute atomic E-state index is 0.655. The quantitative estimate of drug-likeness (QED) is 0.698. The SMILES string of the molecule is N=CC(=CN)c1ccncc1/C=C/Nc1ccc(N2CCOCC2)cc1. The largest absolute Gasteiger partial charge is 0.404 e. The molecule has 2 aromatic rings. The predicted molar refractivity (Wildman–Crippen MR) is 107 cm³/mol. The maximum absolute atomic E-state index is 7.46. The lowest BCUT2D eigenvalue weighted by Gasteiger charge is -2.28. The maximum atomic E-state index is 7.46. The van der Waals surface area contributed by atoms with Gasteiger partial charge in [0.1, 0.15) is 0 Å². The first-order valence-corrected chi connectivity index (χ1v) is 8.54. The van der Waals surface area contributed by atoms with Crippen molar-refractivity contribution in [1.29, 1.82) is 5.41 Å². The number of benzene rings is 1. The zero-order chi connectivity index (χ0) is 18.2. The van der Waals surface area contributed by atoms with Crippen molar-refractivity contribution in [1.82, 2.24) is 4.98 Å². The van der Waals surface area contributed by atoms with Gasteiger partial charge >= 0.3 is 0 Å². The van der Waals surface area contributed by atoms with E-state index < -0.39 is 0 Å². The molecule has 6 heteroatoms. The number of ether oxygens (including phenoxy) is 1. The van der Waals surface area contributed by atoms with Gasteiger partial charge in [-0.25, -0.2) is 0 Å². The van der Waals surface area contributed by atoms with E-state index in [1.165, 1.54) is 18.1 Å². The molecule has 0 spiro atoms. The third-order valence-corrected chi connectivity index (χ3v) is 4.25. The fourth-order valence-corrected chi connectivity index (χ4v) is 2.84. The number of pyridine rings is 1. The van der Waals surface area contributed by atoms with Crippen molar-refractivity contribution in [3.05, 3.63) is 66.3 Å². The molecule has 2 heterocycles. The second-order valence-corrected chi connectivity index (χ2v) is 5.85. The summed E-state index contributed by atoms with van der Waals surface area (Å²) < 4.78 is 5.39. The van der Waals surface area contributed by atoms with Gasteiger partial charge in [0.25, 0.3) is 0 Å². The van der Waals surface area contributed by atoms with Gasteiger partial charge in [0.2, 0.25) is 0 Å². The van der Waals surface area contributed by atoms with Gasteiger partial charge in [0.15, 0.2) is 0 Å². The highest BCUT2D eigenvalue weighted by molar-refractivity contribution is 6.09. The highest BCUT2D eigenvalue weighted by Crippen LogP contribution is 2.20. The highest BCUT2D eigenvalue weighted by Gasteiger charge is 2.10. The number of anilines is 2. The molecular weight excluding hydrogens is 326 g/mol. The first-order chi connectivity index (χ1) is 12.8. The van der Waals surface area contributed by atoms with Crippen LogP contribution in [-0.4, -0.2) is 37.5 Å². The number of nitrogens with zero attached hydrogens (tertiary/aromatic N) is 2. The first-order valence-electron chi connectivity index (χ1n) is 8.54.